The zero-order valence-corrected chi connectivity index (χ0v) is 10.5. The molecular weight excluding hydrogens is 249 g/mol. The first-order chi connectivity index (χ1) is 9.08. The molecule has 0 unspecified atom stereocenters. The fourth-order valence-corrected chi connectivity index (χ4v) is 2.38. The van der Waals surface area contributed by atoms with Crippen molar-refractivity contribution < 1.29 is 19.1 Å². The van der Waals surface area contributed by atoms with Crippen molar-refractivity contribution in [3.63, 3.8) is 0 Å². The largest absolute Gasteiger partial charge is 0.478 e. The van der Waals surface area contributed by atoms with Gasteiger partial charge in [-0.25, -0.2) is 9.18 Å². The Morgan fingerprint density at radius 3 is 2.47 bits per heavy atom. The summed E-state index contributed by atoms with van der Waals surface area (Å²) in [6, 6.07) is 3.62. The molecule has 1 fully saturated rings. The fourth-order valence-electron chi connectivity index (χ4n) is 2.38. The highest BCUT2D eigenvalue weighted by atomic mass is 19.1. The lowest BCUT2D eigenvalue weighted by Crippen LogP contribution is -2.24. The number of hydrogen-bond donors (Lipinski definition) is 2. The van der Waals surface area contributed by atoms with Gasteiger partial charge in [0.15, 0.2) is 0 Å². The van der Waals surface area contributed by atoms with Gasteiger partial charge >= 0.3 is 5.97 Å². The Balaban J connectivity index is 2.04. The number of carbonyl (C=O) groups is 2. The number of halogens is 1. The van der Waals surface area contributed by atoms with E-state index in [-0.39, 0.29) is 11.8 Å². The number of rotatable bonds is 3. The van der Waals surface area contributed by atoms with Gasteiger partial charge in [0.2, 0.25) is 5.91 Å². The minimum absolute atomic E-state index is 0.0176. The van der Waals surface area contributed by atoms with Crippen molar-refractivity contribution in [2.75, 3.05) is 5.32 Å². The minimum atomic E-state index is -1.32. The number of carboxylic acids is 1. The lowest BCUT2D eigenvalue weighted by molar-refractivity contribution is -0.120. The molecule has 0 aromatic heterocycles. The average Bonchev–Trinajstić information content (AvgIpc) is 2.39. The molecule has 0 aliphatic heterocycles. The van der Waals surface area contributed by atoms with E-state index in [9.17, 15) is 14.0 Å². The molecule has 1 aliphatic rings. The van der Waals surface area contributed by atoms with Gasteiger partial charge in [0, 0.05) is 11.6 Å². The third-order valence-electron chi connectivity index (χ3n) is 3.44. The Kier molecular flexibility index (Phi) is 4.14. The number of hydrogen-bond acceptors (Lipinski definition) is 2. The normalized spacial score (nSPS) is 16.1. The molecule has 102 valence electrons. The van der Waals surface area contributed by atoms with Crippen LogP contribution in [0.1, 0.15) is 42.5 Å². The molecule has 19 heavy (non-hydrogen) atoms. The molecule has 4 nitrogen and oxygen atoms in total. The summed E-state index contributed by atoms with van der Waals surface area (Å²) < 4.78 is 13.5. The quantitative estimate of drug-likeness (QED) is 0.882. The molecule has 0 bridgehead atoms. The number of carbonyl (C=O) groups excluding carboxylic acids is 1. The summed E-state index contributed by atoms with van der Waals surface area (Å²) in [6.07, 6.45) is 4.98. The highest BCUT2D eigenvalue weighted by Gasteiger charge is 2.21. The van der Waals surface area contributed by atoms with E-state index in [0.29, 0.717) is 5.69 Å². The topological polar surface area (TPSA) is 66.4 Å². The van der Waals surface area contributed by atoms with Gasteiger partial charge in [-0.1, -0.05) is 19.3 Å². The highest BCUT2D eigenvalue weighted by Crippen LogP contribution is 2.25. The van der Waals surface area contributed by atoms with Crippen molar-refractivity contribution in [2.24, 2.45) is 5.92 Å². The van der Waals surface area contributed by atoms with Crippen molar-refractivity contribution in [2.45, 2.75) is 32.1 Å². The summed E-state index contributed by atoms with van der Waals surface area (Å²) in [4.78, 5) is 22.6. The van der Waals surface area contributed by atoms with E-state index < -0.39 is 17.3 Å². The van der Waals surface area contributed by atoms with E-state index in [1.165, 1.54) is 6.07 Å². The van der Waals surface area contributed by atoms with Gasteiger partial charge < -0.3 is 10.4 Å². The van der Waals surface area contributed by atoms with Crippen molar-refractivity contribution >= 4 is 17.6 Å². The Bertz CT molecular complexity index is 495. The van der Waals surface area contributed by atoms with Crippen molar-refractivity contribution in [1.29, 1.82) is 0 Å². The van der Waals surface area contributed by atoms with E-state index in [1.807, 2.05) is 0 Å². The third kappa shape index (κ3) is 3.30. The molecule has 2 rings (SSSR count). The maximum absolute atomic E-state index is 13.5. The summed E-state index contributed by atoms with van der Waals surface area (Å²) in [5.41, 5.74) is -0.0891. The second-order valence-corrected chi connectivity index (χ2v) is 4.82. The zero-order chi connectivity index (χ0) is 13.8. The summed E-state index contributed by atoms with van der Waals surface area (Å²) in [5, 5.41) is 11.4. The van der Waals surface area contributed by atoms with Gasteiger partial charge in [0.25, 0.3) is 0 Å². The van der Waals surface area contributed by atoms with Crippen LogP contribution < -0.4 is 5.32 Å². The smallest absolute Gasteiger partial charge is 0.338 e. The third-order valence-corrected chi connectivity index (χ3v) is 3.44. The minimum Gasteiger partial charge on any atom is -0.478 e. The van der Waals surface area contributed by atoms with Crippen LogP contribution in [-0.4, -0.2) is 17.0 Å². The highest BCUT2D eigenvalue weighted by molar-refractivity contribution is 5.94. The van der Waals surface area contributed by atoms with Gasteiger partial charge in [0.05, 0.1) is 5.56 Å². The van der Waals surface area contributed by atoms with Gasteiger partial charge in [0.1, 0.15) is 5.82 Å². The van der Waals surface area contributed by atoms with Crippen molar-refractivity contribution in [3.05, 3.63) is 29.6 Å². The van der Waals surface area contributed by atoms with Crippen LogP contribution in [0.3, 0.4) is 0 Å². The number of benzene rings is 1. The molecule has 1 amide bonds. The molecule has 1 aromatic carbocycles. The SMILES string of the molecule is O=C(O)c1ccc(NC(=O)C2CCCCC2)cc1F. The van der Waals surface area contributed by atoms with Crippen LogP contribution in [0.2, 0.25) is 0 Å². The summed E-state index contributed by atoms with van der Waals surface area (Å²) in [5.74, 6) is -2.28. The van der Waals surface area contributed by atoms with Crippen LogP contribution in [-0.2, 0) is 4.79 Å². The lowest BCUT2D eigenvalue weighted by Gasteiger charge is -2.20. The van der Waals surface area contributed by atoms with E-state index >= 15 is 0 Å². The molecule has 1 aromatic rings. The molecule has 1 aliphatic carbocycles. The predicted molar refractivity (Wildman–Crippen MR) is 68.6 cm³/mol. The van der Waals surface area contributed by atoms with Gasteiger partial charge in [-0.3, -0.25) is 4.79 Å². The first-order valence-electron chi connectivity index (χ1n) is 6.41. The standard InChI is InChI=1S/C14H16FNO3/c15-12-8-10(6-7-11(12)14(18)19)16-13(17)9-4-2-1-3-5-9/h6-9H,1-5H2,(H,16,17)(H,18,19). The number of carboxylic acid groups (broad SMARTS) is 1. The Morgan fingerprint density at radius 2 is 1.89 bits per heavy atom. The maximum Gasteiger partial charge on any atom is 0.338 e. The molecular formula is C14H16FNO3. The van der Waals surface area contributed by atoms with Gasteiger partial charge in [-0.15, -0.1) is 0 Å². The molecule has 0 atom stereocenters. The van der Waals surface area contributed by atoms with Crippen LogP contribution in [0, 0.1) is 11.7 Å². The molecule has 0 radical (unpaired) electrons. The Morgan fingerprint density at radius 1 is 1.21 bits per heavy atom. The van der Waals surface area contributed by atoms with Crippen LogP contribution in [0.5, 0.6) is 0 Å². The van der Waals surface area contributed by atoms with E-state index in [4.69, 9.17) is 5.11 Å². The first-order valence-corrected chi connectivity index (χ1v) is 6.41. The monoisotopic (exact) mass is 265 g/mol. The second kappa shape index (κ2) is 5.82. The summed E-state index contributed by atoms with van der Waals surface area (Å²) >= 11 is 0. The van der Waals surface area contributed by atoms with E-state index in [0.717, 1.165) is 44.2 Å². The van der Waals surface area contributed by atoms with E-state index in [1.54, 1.807) is 0 Å². The summed E-state index contributed by atoms with van der Waals surface area (Å²) in [6.45, 7) is 0. The molecule has 0 heterocycles. The predicted octanol–water partition coefficient (Wildman–Crippen LogP) is 3.04. The van der Waals surface area contributed by atoms with Crippen molar-refractivity contribution in [1.82, 2.24) is 0 Å². The maximum atomic E-state index is 13.5. The zero-order valence-electron chi connectivity index (χ0n) is 10.5. The molecule has 0 spiro atoms. The van der Waals surface area contributed by atoms with Gasteiger partial charge in [-0.2, -0.15) is 0 Å². The molecule has 0 saturated heterocycles. The fraction of sp³-hybridized carbons (Fsp3) is 0.429. The van der Waals surface area contributed by atoms with Crippen LogP contribution in [0.25, 0.3) is 0 Å². The number of anilines is 1. The van der Waals surface area contributed by atoms with E-state index in [2.05, 4.69) is 5.32 Å². The average molecular weight is 265 g/mol. The number of amides is 1. The summed E-state index contributed by atoms with van der Waals surface area (Å²) in [7, 11) is 0. The molecule has 5 heteroatoms. The Hall–Kier alpha value is -1.91. The van der Waals surface area contributed by atoms with Crippen LogP contribution in [0.15, 0.2) is 18.2 Å². The van der Waals surface area contributed by atoms with Crippen molar-refractivity contribution in [3.8, 4) is 0 Å². The second-order valence-electron chi connectivity index (χ2n) is 4.82. The van der Waals surface area contributed by atoms with Crippen LogP contribution in [0.4, 0.5) is 10.1 Å². The van der Waals surface area contributed by atoms with Gasteiger partial charge in [-0.05, 0) is 31.0 Å². The first kappa shape index (κ1) is 13.5. The number of nitrogens with one attached hydrogen (secondary N) is 1. The number of aromatic carboxylic acids is 1. The molecule has 2 N–H and O–H groups in total. The Labute approximate surface area is 110 Å². The van der Waals surface area contributed by atoms with Crippen LogP contribution >= 0.6 is 0 Å². The lowest BCUT2D eigenvalue weighted by atomic mass is 9.88. The molecule has 1 saturated carbocycles.